The van der Waals surface area contributed by atoms with Crippen molar-refractivity contribution < 1.29 is 0 Å². The van der Waals surface area contributed by atoms with Crippen molar-refractivity contribution in [3.8, 4) is 0 Å². The summed E-state index contributed by atoms with van der Waals surface area (Å²) in [5.41, 5.74) is 2.15. The maximum absolute atomic E-state index is 4.61. The molecule has 0 amide bonds. The van der Waals surface area contributed by atoms with E-state index < -0.39 is 0 Å². The van der Waals surface area contributed by atoms with Crippen molar-refractivity contribution in [2.75, 3.05) is 24.5 Å². The molecular weight excluding hydrogens is 200 g/mol. The van der Waals surface area contributed by atoms with Crippen molar-refractivity contribution in [1.29, 1.82) is 0 Å². The quantitative estimate of drug-likeness (QED) is 0.834. The van der Waals surface area contributed by atoms with Gasteiger partial charge in [-0.1, -0.05) is 6.92 Å². The minimum atomic E-state index is 0.834. The molecule has 4 nitrogen and oxygen atoms in total. The van der Waals surface area contributed by atoms with Crippen molar-refractivity contribution in [1.82, 2.24) is 15.3 Å². The van der Waals surface area contributed by atoms with E-state index in [0.717, 1.165) is 43.5 Å². The third-order valence-electron chi connectivity index (χ3n) is 2.84. The molecule has 4 heteroatoms. The molecular formula is C12H20N4. The van der Waals surface area contributed by atoms with Gasteiger partial charge < -0.3 is 10.2 Å². The number of hydrogen-bond donors (Lipinski definition) is 1. The van der Waals surface area contributed by atoms with E-state index in [1.54, 1.807) is 0 Å². The number of nitrogens with zero attached hydrogens (tertiary/aromatic N) is 3. The van der Waals surface area contributed by atoms with Gasteiger partial charge in [-0.05, 0) is 32.4 Å². The Morgan fingerprint density at radius 2 is 2.06 bits per heavy atom. The van der Waals surface area contributed by atoms with Crippen molar-refractivity contribution in [3.05, 3.63) is 17.5 Å². The van der Waals surface area contributed by atoms with Gasteiger partial charge in [-0.15, -0.1) is 0 Å². The lowest BCUT2D eigenvalue weighted by molar-refractivity contribution is 0.703. The predicted octanol–water partition coefficient (Wildman–Crippen LogP) is 1.49. The molecule has 1 fully saturated rings. The van der Waals surface area contributed by atoms with Gasteiger partial charge in [0.25, 0.3) is 0 Å². The van der Waals surface area contributed by atoms with Crippen LogP contribution in [0.1, 0.15) is 31.2 Å². The Morgan fingerprint density at radius 1 is 1.31 bits per heavy atom. The highest BCUT2D eigenvalue weighted by atomic mass is 15.3. The summed E-state index contributed by atoms with van der Waals surface area (Å²) in [6.07, 6.45) is 2.53. The van der Waals surface area contributed by atoms with Gasteiger partial charge in [-0.25, -0.2) is 9.97 Å². The monoisotopic (exact) mass is 220 g/mol. The molecule has 16 heavy (non-hydrogen) atoms. The van der Waals surface area contributed by atoms with Crippen LogP contribution in [0.2, 0.25) is 0 Å². The van der Waals surface area contributed by atoms with E-state index in [1.165, 1.54) is 12.8 Å². The average Bonchev–Trinajstić information content (AvgIpc) is 2.79. The van der Waals surface area contributed by atoms with Gasteiger partial charge in [0.2, 0.25) is 5.95 Å². The molecule has 0 unspecified atom stereocenters. The van der Waals surface area contributed by atoms with E-state index in [-0.39, 0.29) is 0 Å². The van der Waals surface area contributed by atoms with E-state index in [1.807, 2.05) is 6.92 Å². The lowest BCUT2D eigenvalue weighted by Crippen LogP contribution is -2.22. The van der Waals surface area contributed by atoms with Gasteiger partial charge in [0.15, 0.2) is 0 Å². The van der Waals surface area contributed by atoms with Crippen LogP contribution in [0, 0.1) is 6.92 Å². The van der Waals surface area contributed by atoms with Crippen molar-refractivity contribution >= 4 is 5.95 Å². The van der Waals surface area contributed by atoms with Crippen LogP contribution < -0.4 is 10.2 Å². The SMILES string of the molecule is CCNCc1cc(C)nc(N2CCCC2)n1. The predicted molar refractivity (Wildman–Crippen MR) is 65.6 cm³/mol. The van der Waals surface area contributed by atoms with E-state index in [9.17, 15) is 0 Å². The molecule has 2 heterocycles. The molecule has 1 aliphatic rings. The second-order valence-electron chi connectivity index (χ2n) is 4.28. The van der Waals surface area contributed by atoms with Crippen LogP contribution in [0.4, 0.5) is 5.95 Å². The first kappa shape index (κ1) is 11.3. The van der Waals surface area contributed by atoms with Gasteiger partial charge >= 0.3 is 0 Å². The molecule has 1 aromatic heterocycles. The second kappa shape index (κ2) is 5.25. The fourth-order valence-electron chi connectivity index (χ4n) is 2.02. The normalized spacial score (nSPS) is 15.8. The largest absolute Gasteiger partial charge is 0.341 e. The molecule has 0 radical (unpaired) electrons. The van der Waals surface area contributed by atoms with Gasteiger partial charge in [-0.2, -0.15) is 0 Å². The van der Waals surface area contributed by atoms with Gasteiger partial charge in [0.1, 0.15) is 0 Å². The summed E-state index contributed by atoms with van der Waals surface area (Å²) in [6, 6.07) is 2.06. The standard InChI is InChI=1S/C12H20N4/c1-3-13-9-11-8-10(2)14-12(15-11)16-6-4-5-7-16/h8,13H,3-7,9H2,1-2H3. The molecule has 0 bridgehead atoms. The van der Waals surface area contributed by atoms with Crippen molar-refractivity contribution in [3.63, 3.8) is 0 Å². The molecule has 1 aliphatic heterocycles. The second-order valence-corrected chi connectivity index (χ2v) is 4.28. The van der Waals surface area contributed by atoms with Crippen LogP contribution in [0.15, 0.2) is 6.07 Å². The topological polar surface area (TPSA) is 41.1 Å². The van der Waals surface area contributed by atoms with E-state index in [0.29, 0.717) is 0 Å². The third-order valence-corrected chi connectivity index (χ3v) is 2.84. The summed E-state index contributed by atoms with van der Waals surface area (Å²) in [5, 5.41) is 3.30. The van der Waals surface area contributed by atoms with Crippen LogP contribution in [-0.4, -0.2) is 29.6 Å². The number of hydrogen-bond acceptors (Lipinski definition) is 4. The maximum Gasteiger partial charge on any atom is 0.225 e. The van der Waals surface area contributed by atoms with Crippen LogP contribution >= 0.6 is 0 Å². The fraction of sp³-hybridized carbons (Fsp3) is 0.667. The molecule has 0 aliphatic carbocycles. The maximum atomic E-state index is 4.61. The number of nitrogens with one attached hydrogen (secondary N) is 1. The molecule has 1 aromatic rings. The van der Waals surface area contributed by atoms with E-state index in [4.69, 9.17) is 0 Å². The Balaban J connectivity index is 2.14. The van der Waals surface area contributed by atoms with Gasteiger partial charge in [0, 0.05) is 25.3 Å². The summed E-state index contributed by atoms with van der Waals surface area (Å²) in [6.45, 7) is 8.16. The Morgan fingerprint density at radius 3 is 2.75 bits per heavy atom. The van der Waals surface area contributed by atoms with Crippen LogP contribution in [-0.2, 0) is 6.54 Å². The number of rotatable bonds is 4. The third kappa shape index (κ3) is 2.70. The van der Waals surface area contributed by atoms with Crippen LogP contribution in [0.5, 0.6) is 0 Å². The number of aryl methyl sites for hydroxylation is 1. The summed E-state index contributed by atoms with van der Waals surface area (Å²) in [5.74, 6) is 0.908. The first-order valence-corrected chi connectivity index (χ1v) is 6.10. The van der Waals surface area contributed by atoms with Gasteiger partial charge in [0.05, 0.1) is 5.69 Å². The highest BCUT2D eigenvalue weighted by molar-refractivity contribution is 5.33. The zero-order chi connectivity index (χ0) is 11.4. The lowest BCUT2D eigenvalue weighted by Gasteiger charge is -2.16. The highest BCUT2D eigenvalue weighted by Crippen LogP contribution is 2.16. The summed E-state index contributed by atoms with van der Waals surface area (Å²) < 4.78 is 0. The van der Waals surface area contributed by atoms with Gasteiger partial charge in [-0.3, -0.25) is 0 Å². The molecule has 0 spiro atoms. The fourth-order valence-corrected chi connectivity index (χ4v) is 2.02. The Kier molecular flexibility index (Phi) is 3.72. The lowest BCUT2D eigenvalue weighted by atomic mass is 10.3. The van der Waals surface area contributed by atoms with Crippen LogP contribution in [0.25, 0.3) is 0 Å². The molecule has 1 saturated heterocycles. The Hall–Kier alpha value is -1.16. The smallest absolute Gasteiger partial charge is 0.225 e. The summed E-state index contributed by atoms with van der Waals surface area (Å²) in [7, 11) is 0. The van der Waals surface area contributed by atoms with Crippen molar-refractivity contribution in [2.45, 2.75) is 33.2 Å². The molecule has 0 atom stereocenters. The molecule has 1 N–H and O–H groups in total. The Labute approximate surface area is 97.1 Å². The molecule has 88 valence electrons. The summed E-state index contributed by atoms with van der Waals surface area (Å²) in [4.78, 5) is 11.4. The minimum Gasteiger partial charge on any atom is -0.341 e. The average molecular weight is 220 g/mol. The van der Waals surface area contributed by atoms with Crippen molar-refractivity contribution in [2.24, 2.45) is 0 Å². The molecule has 0 saturated carbocycles. The van der Waals surface area contributed by atoms with E-state index >= 15 is 0 Å². The number of anilines is 1. The van der Waals surface area contributed by atoms with E-state index in [2.05, 4.69) is 33.2 Å². The first-order chi connectivity index (χ1) is 7.79. The zero-order valence-electron chi connectivity index (χ0n) is 10.2. The Bertz CT molecular complexity index is 345. The minimum absolute atomic E-state index is 0.834. The molecule has 0 aromatic carbocycles. The van der Waals surface area contributed by atoms with Crippen LogP contribution in [0.3, 0.4) is 0 Å². The zero-order valence-corrected chi connectivity index (χ0v) is 10.2. The highest BCUT2D eigenvalue weighted by Gasteiger charge is 2.15. The molecule has 2 rings (SSSR count). The number of aromatic nitrogens is 2. The first-order valence-electron chi connectivity index (χ1n) is 6.10. The summed E-state index contributed by atoms with van der Waals surface area (Å²) >= 11 is 0.